The zero-order chi connectivity index (χ0) is 47.4. The Hall–Kier alpha value is -5.68. The van der Waals surface area contributed by atoms with Crippen molar-refractivity contribution in [1.82, 2.24) is 5.32 Å². The van der Waals surface area contributed by atoms with Gasteiger partial charge in [0.15, 0.2) is 22.8 Å². The molecule has 0 amide bonds. The van der Waals surface area contributed by atoms with E-state index in [2.05, 4.69) is 20.3 Å². The van der Waals surface area contributed by atoms with Crippen LogP contribution >= 0.6 is 0 Å². The van der Waals surface area contributed by atoms with Crippen LogP contribution in [0.4, 0.5) is 0 Å². The second-order valence-electron chi connectivity index (χ2n) is 19.6. The van der Waals surface area contributed by atoms with Crippen LogP contribution in [-0.2, 0) is 33.6 Å². The van der Waals surface area contributed by atoms with Crippen molar-refractivity contribution in [2.45, 2.75) is 138 Å². The fourth-order valence-corrected chi connectivity index (χ4v) is 12.1. The van der Waals surface area contributed by atoms with E-state index < -0.39 is 137 Å². The third-order valence-corrected chi connectivity index (χ3v) is 15.6. The Morgan fingerprint density at radius 3 is 1.67 bits per heavy atom. The molecule has 0 aliphatic carbocycles. The Bertz CT molecular complexity index is 2220. The first-order valence-electron chi connectivity index (χ1n) is 21.3. The van der Waals surface area contributed by atoms with Gasteiger partial charge in [-0.05, 0) is 98.8 Å². The lowest BCUT2D eigenvalue weighted by Gasteiger charge is -2.42. The van der Waals surface area contributed by atoms with E-state index in [0.29, 0.717) is 39.7 Å². The molecule has 4 N–H and O–H groups in total. The Morgan fingerprint density at radius 2 is 1.16 bits per heavy atom. The fourth-order valence-electron chi connectivity index (χ4n) is 12.1. The van der Waals surface area contributed by atoms with Gasteiger partial charge in [-0.25, -0.2) is 15.0 Å². The van der Waals surface area contributed by atoms with Crippen LogP contribution in [0.5, 0.6) is 0 Å². The summed E-state index contributed by atoms with van der Waals surface area (Å²) in [7, 11) is 0. The zero-order valence-electron chi connectivity index (χ0n) is 37.0. The van der Waals surface area contributed by atoms with Gasteiger partial charge in [0.05, 0.1) is 33.7 Å². The van der Waals surface area contributed by atoms with Gasteiger partial charge in [0.1, 0.15) is 0 Å². The molecule has 0 unspecified atom stereocenters. The lowest BCUT2D eigenvalue weighted by atomic mass is 9.55. The summed E-state index contributed by atoms with van der Waals surface area (Å²) < 4.78 is 0. The molecule has 18 heteroatoms. The van der Waals surface area contributed by atoms with Gasteiger partial charge in [-0.1, -0.05) is 13.8 Å². The SMILES string of the molecule is C/C1=C2[NH+]=C(/C=C3\N/C(=C(/C)C4=[NH+][C@@](C)([C@@H]5[NH+]=C1[C@](C)(CCC(=O)[O-])[C@H]5CC(=O)[O-])[C@@](C)(CC(=O)[O-])[C@@H]4CCC(=O)[O-])[C@@](C)(CC(=O)[O-])[C@@H]3CCC(=O)[O-])C(C)(C)[C@@H]/2CCC(=O)[O-]. The number of carboxylic acid groups (broad SMARTS) is 7. The van der Waals surface area contributed by atoms with E-state index in [1.54, 1.807) is 47.6 Å². The highest BCUT2D eigenvalue weighted by atomic mass is 16.4. The molecule has 5 rings (SSSR count). The number of aliphatic carboxylic acids is 7. The molecule has 0 spiro atoms. The topological polar surface area (TPSA) is 335 Å². The van der Waals surface area contributed by atoms with E-state index in [4.69, 9.17) is 0 Å². The molecular formula is C45H56N4O14-4. The monoisotopic (exact) mass is 876 g/mol. The molecule has 0 radical (unpaired) electrons. The van der Waals surface area contributed by atoms with Crippen molar-refractivity contribution in [3.8, 4) is 0 Å². The van der Waals surface area contributed by atoms with Crippen LogP contribution in [0.15, 0.2) is 34.3 Å². The average molecular weight is 877 g/mol. The molecule has 1 saturated heterocycles. The molecule has 1 fully saturated rings. The second kappa shape index (κ2) is 17.1. The highest BCUT2D eigenvalue weighted by Gasteiger charge is 2.73. The minimum atomic E-state index is -1.57. The van der Waals surface area contributed by atoms with Crippen molar-refractivity contribution in [3.05, 3.63) is 34.3 Å². The summed E-state index contributed by atoms with van der Waals surface area (Å²) in [5, 5.41) is 90.3. The maximum atomic E-state index is 12.9. The number of carbonyl (C=O) groups is 7. The average Bonchev–Trinajstić information content (AvgIpc) is 3.75. The maximum Gasteiger partial charge on any atom is 0.225 e. The maximum absolute atomic E-state index is 12.9. The summed E-state index contributed by atoms with van der Waals surface area (Å²) >= 11 is 0. The fraction of sp³-hybridized carbons (Fsp3) is 0.644. The first-order valence-corrected chi connectivity index (χ1v) is 21.3. The normalized spacial score (nSPS) is 36.2. The Balaban J connectivity index is 2.03. The van der Waals surface area contributed by atoms with Crippen LogP contribution in [0.3, 0.4) is 0 Å². The van der Waals surface area contributed by atoms with Crippen molar-refractivity contribution in [2.24, 2.45) is 45.3 Å². The largest absolute Gasteiger partial charge is 0.550 e. The first kappa shape index (κ1) is 48.4. The molecule has 63 heavy (non-hydrogen) atoms. The highest BCUT2D eigenvalue weighted by molar-refractivity contribution is 6.04. The third-order valence-electron chi connectivity index (χ3n) is 15.6. The Morgan fingerprint density at radius 1 is 0.635 bits per heavy atom. The van der Waals surface area contributed by atoms with Crippen molar-refractivity contribution in [3.63, 3.8) is 0 Å². The van der Waals surface area contributed by atoms with Gasteiger partial charge in [0.2, 0.25) is 11.6 Å². The van der Waals surface area contributed by atoms with Crippen LogP contribution in [-0.4, -0.2) is 70.5 Å². The predicted molar refractivity (Wildman–Crippen MR) is 205 cm³/mol. The standard InChI is InChI=1S/C45H60N4O14/c1-21-36-24(10-13-30(52)53)41(3,4)28(47-36)18-27-23(9-12-29(50)51)43(6,19-34(60)61)39(46-27)22(2)37-25(11-14-31(54)55)44(7,20-35(62)63)45(8,49-37)40-26(17-33(58)59)42(5,38(21)48-40)16-15-32(56)57/h18,23-26,40,46H,9-17,19-20H2,1-8H3,(H,50,51)(H,52,53)(H,54,55)(H,56,57)(H,58,59)(H,60,61)(H,62,63)/p-4/b27-18-,36-21-,39-22-/t23-,24-,25-,26+,40-,42-,43+,44+,45+/m1/s1. The van der Waals surface area contributed by atoms with Crippen molar-refractivity contribution in [1.29, 1.82) is 0 Å². The van der Waals surface area contributed by atoms with E-state index in [1.165, 1.54) is 0 Å². The van der Waals surface area contributed by atoms with Crippen molar-refractivity contribution in [2.75, 3.05) is 0 Å². The van der Waals surface area contributed by atoms with E-state index >= 15 is 0 Å². The van der Waals surface area contributed by atoms with E-state index in [0.717, 1.165) is 0 Å². The Kier molecular flexibility index (Phi) is 13.1. The van der Waals surface area contributed by atoms with Crippen LogP contribution < -0.4 is 56.0 Å². The summed E-state index contributed by atoms with van der Waals surface area (Å²) in [6.45, 7) is 13.7. The summed E-state index contributed by atoms with van der Waals surface area (Å²) in [6.07, 6.45) is -2.67. The molecule has 18 nitrogen and oxygen atoms in total. The molecule has 0 saturated carbocycles. The van der Waals surface area contributed by atoms with Gasteiger partial charge < -0.3 is 74.6 Å². The van der Waals surface area contributed by atoms with Crippen LogP contribution in [0.1, 0.15) is 126 Å². The lowest BCUT2D eigenvalue weighted by Crippen LogP contribution is -2.99. The number of hydrogen-bond donors (Lipinski definition) is 4. The number of carboxylic acids is 7. The molecule has 5 aliphatic rings. The van der Waals surface area contributed by atoms with Crippen molar-refractivity contribution < 1.29 is 84.3 Å². The highest BCUT2D eigenvalue weighted by Crippen LogP contribution is 2.55. The summed E-state index contributed by atoms with van der Waals surface area (Å²) in [5.74, 6) is -13.6. The number of nitrogens with one attached hydrogen (secondary N) is 4. The summed E-state index contributed by atoms with van der Waals surface area (Å²) in [4.78, 5) is 97.4. The zero-order valence-corrected chi connectivity index (χ0v) is 37.0. The first-order chi connectivity index (χ1) is 29.0. The van der Waals surface area contributed by atoms with Gasteiger partial charge >= 0.3 is 0 Å². The van der Waals surface area contributed by atoms with Gasteiger partial charge in [-0.15, -0.1) is 0 Å². The van der Waals surface area contributed by atoms with Gasteiger partial charge in [0.25, 0.3) is 0 Å². The smallest absolute Gasteiger partial charge is 0.225 e. The number of carbonyl (C=O) groups excluding carboxylic acids is 7. The number of fused-ring (bicyclic) bond motifs is 6. The number of hydrogen-bond acceptors (Lipinski definition) is 15. The van der Waals surface area contributed by atoms with E-state index in [1.807, 2.05) is 13.8 Å². The van der Waals surface area contributed by atoms with Gasteiger partial charge in [0, 0.05) is 95.4 Å². The van der Waals surface area contributed by atoms with E-state index in [9.17, 15) is 69.3 Å². The van der Waals surface area contributed by atoms with Crippen molar-refractivity contribution >= 4 is 58.9 Å². The molecule has 5 aliphatic heterocycles. The molecule has 0 aromatic heterocycles. The van der Waals surface area contributed by atoms with Gasteiger partial charge in [-0.3, -0.25) is 0 Å². The third kappa shape index (κ3) is 8.56. The number of rotatable bonds is 18. The summed E-state index contributed by atoms with van der Waals surface area (Å²) in [6, 6.07) is -1.09. The molecular weight excluding hydrogens is 821 g/mol. The van der Waals surface area contributed by atoms with Crippen LogP contribution in [0.2, 0.25) is 0 Å². The Labute approximate surface area is 365 Å². The molecule has 8 bridgehead atoms. The van der Waals surface area contributed by atoms with E-state index in [-0.39, 0.29) is 37.8 Å². The minimum absolute atomic E-state index is 0.0339. The van der Waals surface area contributed by atoms with Crippen LogP contribution in [0.25, 0.3) is 0 Å². The molecule has 9 atom stereocenters. The molecule has 344 valence electrons. The lowest BCUT2D eigenvalue weighted by molar-refractivity contribution is -0.648. The predicted octanol–water partition coefficient (Wildman–Crippen LogP) is -9.18. The minimum Gasteiger partial charge on any atom is -0.550 e. The molecule has 0 aromatic carbocycles. The summed E-state index contributed by atoms with van der Waals surface area (Å²) in [5.41, 5.74) is -3.63. The second-order valence-corrected chi connectivity index (χ2v) is 19.6. The number of allylic oxidation sites excluding steroid dienone is 6. The quantitative estimate of drug-likeness (QED) is 0.0994. The van der Waals surface area contributed by atoms with Gasteiger partial charge in [-0.2, -0.15) is 0 Å². The molecule has 5 heterocycles. The van der Waals surface area contributed by atoms with Crippen LogP contribution in [0, 0.1) is 45.3 Å². The molecule has 0 aromatic rings.